The number of carbonyl (C=O) groups is 1. The fourth-order valence-electron chi connectivity index (χ4n) is 4.26. The summed E-state index contributed by atoms with van der Waals surface area (Å²) in [5.74, 6) is -0.611. The van der Waals surface area contributed by atoms with Gasteiger partial charge in [0.1, 0.15) is 11.6 Å². The number of hydrogen-bond donors (Lipinski definition) is 0. The Morgan fingerprint density at radius 3 is 2.62 bits per heavy atom. The van der Waals surface area contributed by atoms with Crippen molar-refractivity contribution in [3.63, 3.8) is 0 Å². The lowest BCUT2D eigenvalue weighted by Crippen LogP contribution is -2.45. The number of aryl methyl sites for hydroxylation is 2. The fourth-order valence-corrected chi connectivity index (χ4v) is 5.23. The molecule has 3 heterocycles. The second-order valence-electron chi connectivity index (χ2n) is 9.48. The largest absolute Gasteiger partial charge is 0.458 e. The molecule has 0 aliphatic heterocycles. The third kappa shape index (κ3) is 4.27. The van der Waals surface area contributed by atoms with Gasteiger partial charge in [0.25, 0.3) is 5.56 Å². The molecule has 9 heteroatoms. The molecule has 0 fully saturated rings. The van der Waals surface area contributed by atoms with Crippen molar-refractivity contribution in [3.8, 4) is 0 Å². The minimum absolute atomic E-state index is 0.149. The number of hydrogen-bond acceptors (Lipinski definition) is 7. The van der Waals surface area contributed by atoms with Gasteiger partial charge in [-0.3, -0.25) is 14.3 Å². The molecule has 0 saturated carbocycles. The van der Waals surface area contributed by atoms with Gasteiger partial charge in [0.2, 0.25) is 0 Å². The van der Waals surface area contributed by atoms with E-state index in [-0.39, 0.29) is 13.0 Å². The molecule has 0 saturated heterocycles. The van der Waals surface area contributed by atoms with Crippen LogP contribution in [0.1, 0.15) is 57.0 Å². The number of ether oxygens (including phenoxy) is 1. The molecular formula is C25H28N4O4S. The third-order valence-corrected chi connectivity index (χ3v) is 6.48. The van der Waals surface area contributed by atoms with E-state index in [0.29, 0.717) is 10.9 Å². The number of rotatable bonds is 5. The Hall–Kier alpha value is -3.33. The summed E-state index contributed by atoms with van der Waals surface area (Å²) < 4.78 is 13.7. The Morgan fingerprint density at radius 2 is 1.94 bits per heavy atom. The molecular weight excluding hydrogens is 452 g/mol. The predicted octanol–water partition coefficient (Wildman–Crippen LogP) is 4.13. The van der Waals surface area contributed by atoms with Crippen LogP contribution < -0.4 is 11.2 Å². The highest BCUT2D eigenvalue weighted by Gasteiger charge is 2.29. The highest BCUT2D eigenvalue weighted by atomic mass is 32.1. The fraction of sp³-hybridized carbons (Fsp3) is 0.400. The maximum atomic E-state index is 13.7. The first-order valence-corrected chi connectivity index (χ1v) is 12.0. The standard InChI is InChI=1S/C25H28N4O4S/c1-7-18(23(31)33-25(4,5)6)29-22(30)16-8-9-26-12-19(16)28(24(29)32)13-17-21-15(3)10-14(2)11-20(21)34-27-17/h8-12,18H,7,13H2,1-6H3/t18-/m0/s1. The molecule has 0 aliphatic carbocycles. The molecule has 3 aromatic heterocycles. The lowest BCUT2D eigenvalue weighted by molar-refractivity contribution is -0.159. The van der Waals surface area contributed by atoms with Crippen LogP contribution in [0.3, 0.4) is 0 Å². The zero-order valence-electron chi connectivity index (χ0n) is 20.2. The Balaban J connectivity index is 1.94. The van der Waals surface area contributed by atoms with Crippen molar-refractivity contribution in [1.29, 1.82) is 0 Å². The number of benzene rings is 1. The summed E-state index contributed by atoms with van der Waals surface area (Å²) in [6.45, 7) is 11.2. The number of aromatic nitrogens is 4. The van der Waals surface area contributed by atoms with Crippen molar-refractivity contribution < 1.29 is 9.53 Å². The lowest BCUT2D eigenvalue weighted by Gasteiger charge is -2.25. The van der Waals surface area contributed by atoms with Gasteiger partial charge in [0.15, 0.2) is 0 Å². The zero-order valence-corrected chi connectivity index (χ0v) is 21.0. The first-order valence-electron chi connectivity index (χ1n) is 11.2. The molecule has 0 N–H and O–H groups in total. The quantitative estimate of drug-likeness (QED) is 0.399. The second-order valence-corrected chi connectivity index (χ2v) is 10.3. The Kier molecular flexibility index (Phi) is 6.16. The summed E-state index contributed by atoms with van der Waals surface area (Å²) in [4.78, 5) is 44.2. The maximum Gasteiger partial charge on any atom is 0.332 e. The normalized spacial score (nSPS) is 12.9. The summed E-state index contributed by atoms with van der Waals surface area (Å²) in [7, 11) is 0. The van der Waals surface area contributed by atoms with Crippen LogP contribution in [0.4, 0.5) is 0 Å². The molecule has 0 spiro atoms. The van der Waals surface area contributed by atoms with Gasteiger partial charge in [0.05, 0.1) is 34.0 Å². The van der Waals surface area contributed by atoms with Gasteiger partial charge >= 0.3 is 11.7 Å². The van der Waals surface area contributed by atoms with Crippen LogP contribution in [0.15, 0.2) is 40.2 Å². The van der Waals surface area contributed by atoms with Crippen LogP contribution in [-0.4, -0.2) is 30.1 Å². The Bertz CT molecular complexity index is 1520. The van der Waals surface area contributed by atoms with E-state index in [1.165, 1.54) is 28.5 Å². The molecule has 0 radical (unpaired) electrons. The minimum atomic E-state index is -1.04. The predicted molar refractivity (Wildman–Crippen MR) is 134 cm³/mol. The number of fused-ring (bicyclic) bond motifs is 2. The van der Waals surface area contributed by atoms with Crippen molar-refractivity contribution in [1.82, 2.24) is 18.5 Å². The molecule has 1 aromatic carbocycles. The highest BCUT2D eigenvalue weighted by molar-refractivity contribution is 7.13. The van der Waals surface area contributed by atoms with Crippen molar-refractivity contribution in [2.24, 2.45) is 0 Å². The molecule has 0 bridgehead atoms. The summed E-state index contributed by atoms with van der Waals surface area (Å²) in [5, 5.41) is 1.31. The highest BCUT2D eigenvalue weighted by Crippen LogP contribution is 2.28. The number of nitrogens with zero attached hydrogens (tertiary/aromatic N) is 4. The third-order valence-electron chi connectivity index (χ3n) is 5.65. The molecule has 0 amide bonds. The summed E-state index contributed by atoms with van der Waals surface area (Å²) in [6.07, 6.45) is 3.24. The zero-order chi connectivity index (χ0) is 24.8. The van der Waals surface area contributed by atoms with Gasteiger partial charge in [-0.05, 0) is 75.8 Å². The summed E-state index contributed by atoms with van der Waals surface area (Å²) in [6, 6.07) is 4.68. The van der Waals surface area contributed by atoms with E-state index in [1.54, 1.807) is 33.8 Å². The average Bonchev–Trinajstić information content (AvgIpc) is 3.15. The molecule has 0 unspecified atom stereocenters. The van der Waals surface area contributed by atoms with E-state index in [4.69, 9.17) is 4.74 Å². The number of carbonyl (C=O) groups excluding carboxylic acids is 1. The minimum Gasteiger partial charge on any atom is -0.458 e. The van der Waals surface area contributed by atoms with E-state index in [9.17, 15) is 14.4 Å². The molecule has 1 atom stereocenters. The molecule has 8 nitrogen and oxygen atoms in total. The van der Waals surface area contributed by atoms with Gasteiger partial charge in [-0.25, -0.2) is 14.2 Å². The molecule has 0 aliphatic rings. The smallest absolute Gasteiger partial charge is 0.332 e. The van der Waals surface area contributed by atoms with Crippen LogP contribution in [-0.2, 0) is 16.1 Å². The van der Waals surface area contributed by atoms with Gasteiger partial charge in [-0.15, -0.1) is 0 Å². The number of pyridine rings is 1. The molecule has 178 valence electrons. The van der Waals surface area contributed by atoms with Gasteiger partial charge in [-0.1, -0.05) is 13.0 Å². The second kappa shape index (κ2) is 8.79. The first-order chi connectivity index (χ1) is 16.0. The van der Waals surface area contributed by atoms with Crippen LogP contribution in [0.5, 0.6) is 0 Å². The number of esters is 1. The van der Waals surface area contributed by atoms with Gasteiger partial charge in [0, 0.05) is 11.6 Å². The van der Waals surface area contributed by atoms with Crippen molar-refractivity contribution >= 4 is 38.5 Å². The topological polar surface area (TPSA) is 96.1 Å². The average molecular weight is 481 g/mol. The summed E-state index contributed by atoms with van der Waals surface area (Å²) in [5.41, 5.74) is 1.48. The molecule has 4 rings (SSSR count). The van der Waals surface area contributed by atoms with E-state index < -0.39 is 28.9 Å². The van der Waals surface area contributed by atoms with Crippen molar-refractivity contribution in [3.05, 3.63) is 68.3 Å². The van der Waals surface area contributed by atoms with Crippen molar-refractivity contribution in [2.75, 3.05) is 0 Å². The van der Waals surface area contributed by atoms with Crippen LogP contribution >= 0.6 is 11.5 Å². The van der Waals surface area contributed by atoms with E-state index in [2.05, 4.69) is 21.5 Å². The van der Waals surface area contributed by atoms with Gasteiger partial charge in [-0.2, -0.15) is 4.37 Å². The van der Waals surface area contributed by atoms with E-state index in [0.717, 1.165) is 31.5 Å². The molecule has 34 heavy (non-hydrogen) atoms. The van der Waals surface area contributed by atoms with Crippen LogP contribution in [0.25, 0.3) is 21.0 Å². The van der Waals surface area contributed by atoms with E-state index in [1.807, 2.05) is 13.8 Å². The maximum absolute atomic E-state index is 13.7. The van der Waals surface area contributed by atoms with E-state index >= 15 is 0 Å². The van der Waals surface area contributed by atoms with Gasteiger partial charge < -0.3 is 4.74 Å². The Morgan fingerprint density at radius 1 is 1.21 bits per heavy atom. The first kappa shape index (κ1) is 23.8. The van der Waals surface area contributed by atoms with Crippen LogP contribution in [0.2, 0.25) is 0 Å². The van der Waals surface area contributed by atoms with Crippen molar-refractivity contribution in [2.45, 2.75) is 66.2 Å². The lowest BCUT2D eigenvalue weighted by atomic mass is 10.1. The SMILES string of the molecule is CC[C@@H](C(=O)OC(C)(C)C)n1c(=O)c2ccncc2n(Cc2nsc3cc(C)cc(C)c23)c1=O. The monoisotopic (exact) mass is 480 g/mol. The molecule has 4 aromatic rings. The van der Waals surface area contributed by atoms with Crippen LogP contribution in [0, 0.1) is 13.8 Å². The summed E-state index contributed by atoms with van der Waals surface area (Å²) >= 11 is 1.38. The Labute approximate surface area is 201 Å².